The lowest BCUT2D eigenvalue weighted by Gasteiger charge is -2.17. The maximum Gasteiger partial charge on any atom is 0.203 e. The molecule has 714 valence electrons. The van der Waals surface area contributed by atoms with E-state index in [1.54, 1.807) is 56.3 Å². The molecular formula is C95H134F8O24. The molecule has 32 heteroatoms. The molecule has 0 bridgehead atoms. The van der Waals surface area contributed by atoms with Gasteiger partial charge in [-0.2, -0.15) is 0 Å². The van der Waals surface area contributed by atoms with Crippen molar-refractivity contribution in [2.24, 2.45) is 35.5 Å². The minimum absolute atomic E-state index is 0.00561. The van der Waals surface area contributed by atoms with Crippen molar-refractivity contribution in [3.05, 3.63) is 189 Å². The number of ether oxygens (including phenoxy) is 8. The highest BCUT2D eigenvalue weighted by molar-refractivity contribution is 5.54. The molecule has 0 aliphatic rings. The van der Waals surface area contributed by atoms with Gasteiger partial charge in [0.05, 0.1) is 55.9 Å². The van der Waals surface area contributed by atoms with Crippen molar-refractivity contribution in [3.8, 4) is 92.0 Å². The summed E-state index contributed by atoms with van der Waals surface area (Å²) in [6.07, 6.45) is -4.05. The number of halogens is 8. The molecule has 0 aliphatic heterocycles. The minimum atomic E-state index is -0.790. The van der Waals surface area contributed by atoms with Crippen LogP contribution in [-0.2, 0) is 0 Å². The van der Waals surface area contributed by atoms with Crippen LogP contribution in [0.3, 0.4) is 0 Å². The predicted molar refractivity (Wildman–Crippen MR) is 470 cm³/mol. The molecule has 24 nitrogen and oxygen atoms in total. The number of methoxy groups -OCH3 is 1. The Morgan fingerprint density at radius 3 is 0.827 bits per heavy atom. The number of hydrogen-bond donors (Lipinski definition) is 16. The van der Waals surface area contributed by atoms with E-state index in [2.05, 4.69) is 0 Å². The van der Waals surface area contributed by atoms with E-state index in [9.17, 15) is 117 Å². The molecule has 0 saturated carbocycles. The maximum absolute atomic E-state index is 12.9. The highest BCUT2D eigenvalue weighted by atomic mass is 19.2. The molecule has 8 aromatic rings. The predicted octanol–water partition coefficient (Wildman–Crippen LogP) is 19.4. The lowest BCUT2D eigenvalue weighted by Crippen LogP contribution is -2.06. The lowest BCUT2D eigenvalue weighted by molar-refractivity contribution is 0.126. The van der Waals surface area contributed by atoms with Gasteiger partial charge in [-0.1, -0.05) is 121 Å². The quantitative estimate of drug-likeness (QED) is 0.0160. The summed E-state index contributed by atoms with van der Waals surface area (Å²) >= 11 is 0. The second kappa shape index (κ2) is 61.2. The number of benzene rings is 8. The Bertz CT molecular complexity index is 4210. The molecule has 0 heterocycles. The number of rotatable bonds is 38. The number of aliphatic hydroxyl groups excluding tert-OH is 8. The van der Waals surface area contributed by atoms with Crippen molar-refractivity contribution in [1.29, 1.82) is 0 Å². The summed E-state index contributed by atoms with van der Waals surface area (Å²) < 4.78 is 137. The van der Waals surface area contributed by atoms with Crippen molar-refractivity contribution in [3.63, 3.8) is 0 Å². The molecular weight excluding hydrogens is 1680 g/mol. The fourth-order valence-electron chi connectivity index (χ4n) is 11.3. The van der Waals surface area contributed by atoms with Crippen LogP contribution in [0.2, 0.25) is 0 Å². The number of hydrogen-bond acceptors (Lipinski definition) is 24. The molecule has 0 radical (unpaired) electrons. The Morgan fingerprint density at radius 1 is 0.268 bits per heavy atom. The average molecular weight is 1810 g/mol. The SMILES string of the molecule is CC(C)C(O)c1cc(O)c(OCCF)c(O)c1.CC(C)[C@H](O)c1cc(O)cc(OCCF)c1.CC(C)[C@H](O)c1cc(O)cc(OCCF)c1.CC(C)[C@H](O)c1ccc(OCCF)c(O)c1.CC(C)[C@H](O)c1ccc(OCCF)c(O)c1.CC[C@H](O)c1cc(C)c(OCCF)c(OC)c1.CC[C@H](O)c1cc(O)c(OCCF)c(O)c1.Cc1cc(C(O)C(C)C)ccc1F. The van der Waals surface area contributed by atoms with E-state index in [1.807, 2.05) is 103 Å². The highest BCUT2D eigenvalue weighted by Gasteiger charge is 2.23. The van der Waals surface area contributed by atoms with E-state index >= 15 is 0 Å². The first-order chi connectivity index (χ1) is 59.9. The third-order valence-corrected chi connectivity index (χ3v) is 18.3. The second-order valence-corrected chi connectivity index (χ2v) is 30.9. The first-order valence-electron chi connectivity index (χ1n) is 41.6. The van der Waals surface area contributed by atoms with Gasteiger partial charge in [0.1, 0.15) is 122 Å². The molecule has 8 aromatic carbocycles. The van der Waals surface area contributed by atoms with Gasteiger partial charge in [-0.3, -0.25) is 0 Å². The average Bonchev–Trinajstić information content (AvgIpc) is 0.823. The number of phenols is 8. The summed E-state index contributed by atoms with van der Waals surface area (Å²) in [4.78, 5) is 0. The van der Waals surface area contributed by atoms with E-state index in [0.717, 1.165) is 16.7 Å². The zero-order valence-corrected chi connectivity index (χ0v) is 75.5. The number of phenolic OH excluding ortho intramolecular Hbond substituents is 8. The molecule has 0 saturated heterocycles. The summed E-state index contributed by atoms with van der Waals surface area (Å²) in [5, 5.41) is 154. The van der Waals surface area contributed by atoms with Crippen LogP contribution in [0, 0.1) is 55.2 Å². The Morgan fingerprint density at radius 2 is 0.528 bits per heavy atom. The number of alkyl halides is 7. The van der Waals surface area contributed by atoms with Crippen LogP contribution >= 0.6 is 0 Å². The molecule has 0 spiro atoms. The van der Waals surface area contributed by atoms with Gasteiger partial charge in [0.15, 0.2) is 57.5 Å². The van der Waals surface area contributed by atoms with Gasteiger partial charge < -0.3 is 120 Å². The fraction of sp³-hybridized carbons (Fsp3) is 0.495. The van der Waals surface area contributed by atoms with Gasteiger partial charge >= 0.3 is 0 Å². The van der Waals surface area contributed by atoms with E-state index in [-0.39, 0.29) is 157 Å². The maximum atomic E-state index is 12.9. The summed E-state index contributed by atoms with van der Waals surface area (Å²) in [6, 6.07) is 31.7. The van der Waals surface area contributed by atoms with Crippen LogP contribution in [-0.4, -0.2) is 182 Å². The smallest absolute Gasteiger partial charge is 0.203 e. The van der Waals surface area contributed by atoms with Crippen molar-refractivity contribution >= 4 is 0 Å². The molecule has 2 unspecified atom stereocenters. The van der Waals surface area contributed by atoms with Gasteiger partial charge in [0.2, 0.25) is 11.5 Å². The molecule has 8 atom stereocenters. The molecule has 0 amide bonds. The molecule has 0 aliphatic carbocycles. The Hall–Kier alpha value is -10.3. The topological polar surface area (TPSA) is 398 Å². The lowest BCUT2D eigenvalue weighted by atomic mass is 9.98. The van der Waals surface area contributed by atoms with Crippen LogP contribution in [0.1, 0.15) is 214 Å². The fourth-order valence-corrected chi connectivity index (χ4v) is 11.3. The highest BCUT2D eigenvalue weighted by Crippen LogP contribution is 2.43. The summed E-state index contributed by atoms with van der Waals surface area (Å²) in [5.41, 5.74) is 6.17. The minimum Gasteiger partial charge on any atom is -0.508 e. The van der Waals surface area contributed by atoms with E-state index < -0.39 is 95.6 Å². The van der Waals surface area contributed by atoms with Crippen molar-refractivity contribution in [2.45, 2.75) is 172 Å². The van der Waals surface area contributed by atoms with Gasteiger partial charge in [-0.05, 0) is 209 Å². The Balaban J connectivity index is 0.000000726. The normalized spacial score (nSPS) is 12.7. The standard InChI is InChI=1S/C13H19FO3.C12H17FO4.4C12H17FO3.C11H15FO4.C11H15FO/c1-4-11(15)10-7-9(2)13(17-6-5-14)12(8-10)16-3;1-7(2)11(16)8-5-9(14)12(10(15)6-8)17-4-3-13;2*1-8(2)12(15)9-5-10(14)7-11(6-9)16-4-3-13;2*1-8(2)12(15)9-3-4-11(10(14)7-9)16-6-5-13;1-2-8(13)7-5-9(14)11(10(15)6-7)16-4-3-12;1-7(2)11(13)9-4-5-10(12)8(3)6-9/h7-8,11,15H,4-6H2,1-3H3;5-7,11,14-16H,3-4H2,1-2H3;2*5-8,12,14-15H,3-4H2,1-2H3;2*3-4,7-8,12,14-15H,5-6H2,1-2H3;5-6,8,13-15H,2-4H2,1H3;4-7,11,13H,1-3H3/t11-;;4*12-;8-;/m0.00000./s1. The van der Waals surface area contributed by atoms with Crippen molar-refractivity contribution in [2.75, 3.05) is 100 Å². The van der Waals surface area contributed by atoms with Crippen LogP contribution in [0.15, 0.2) is 127 Å². The van der Waals surface area contributed by atoms with E-state index in [1.165, 1.54) is 86.0 Å². The van der Waals surface area contributed by atoms with E-state index in [0.29, 0.717) is 74.8 Å². The summed E-state index contributed by atoms with van der Waals surface area (Å²) in [7, 11) is 1.53. The largest absolute Gasteiger partial charge is 0.508 e. The first-order valence-corrected chi connectivity index (χ1v) is 41.6. The summed E-state index contributed by atoms with van der Waals surface area (Å²) in [5.74, 6) is 0.651. The number of aryl methyl sites for hydroxylation is 2. The van der Waals surface area contributed by atoms with Crippen LogP contribution in [0.5, 0.6) is 92.0 Å². The monoisotopic (exact) mass is 1810 g/mol. The van der Waals surface area contributed by atoms with Crippen LogP contribution < -0.4 is 37.9 Å². The zero-order valence-electron chi connectivity index (χ0n) is 75.5. The molecule has 127 heavy (non-hydrogen) atoms. The molecule has 16 N–H and O–H groups in total. The van der Waals surface area contributed by atoms with Gasteiger partial charge in [0, 0.05) is 12.1 Å². The third-order valence-electron chi connectivity index (χ3n) is 18.3. The first kappa shape index (κ1) is 115. The van der Waals surface area contributed by atoms with E-state index in [4.69, 9.17) is 37.9 Å². The van der Waals surface area contributed by atoms with Gasteiger partial charge in [0.25, 0.3) is 0 Å². The van der Waals surface area contributed by atoms with Gasteiger partial charge in [-0.15, -0.1) is 0 Å². The number of aromatic hydroxyl groups is 8. The Labute approximate surface area is 740 Å². The zero-order chi connectivity index (χ0) is 96.5. The molecule has 0 aromatic heterocycles. The Kier molecular flexibility index (Phi) is 55.3. The van der Waals surface area contributed by atoms with Crippen molar-refractivity contribution < 1.29 is 155 Å². The van der Waals surface area contributed by atoms with Crippen LogP contribution in [0.25, 0.3) is 0 Å². The van der Waals surface area contributed by atoms with Gasteiger partial charge in [-0.25, -0.2) is 35.1 Å². The molecule has 0 fully saturated rings. The second-order valence-electron chi connectivity index (χ2n) is 30.9. The van der Waals surface area contributed by atoms with Crippen LogP contribution in [0.4, 0.5) is 35.1 Å². The third kappa shape index (κ3) is 41.1. The molecule has 8 rings (SSSR count). The summed E-state index contributed by atoms with van der Waals surface area (Å²) in [6.45, 7) is 24.6. The number of aliphatic hydroxyl groups is 8. The van der Waals surface area contributed by atoms with Crippen molar-refractivity contribution in [1.82, 2.24) is 0 Å².